The van der Waals surface area contributed by atoms with Gasteiger partial charge in [-0.25, -0.2) is 0 Å². The van der Waals surface area contributed by atoms with Gasteiger partial charge in [-0.2, -0.15) is 0 Å². The summed E-state index contributed by atoms with van der Waals surface area (Å²) in [4.78, 5) is 38.2. The predicted molar refractivity (Wildman–Crippen MR) is 137 cm³/mol. The van der Waals surface area contributed by atoms with E-state index in [2.05, 4.69) is 27.7 Å². The molecule has 0 amide bonds. The molecule has 0 heterocycles. The lowest BCUT2D eigenvalue weighted by molar-refractivity contribution is -0.247. The monoisotopic (exact) mass is 482 g/mol. The summed E-state index contributed by atoms with van der Waals surface area (Å²) in [5.74, 6) is 0.512. The fourth-order valence-corrected chi connectivity index (χ4v) is 10.9. The van der Waals surface area contributed by atoms with Crippen LogP contribution in [0.4, 0.5) is 0 Å². The lowest BCUT2D eigenvalue weighted by atomic mass is 9.30. The van der Waals surface area contributed by atoms with Gasteiger partial charge in [0.15, 0.2) is 5.78 Å². The molecule has 9 atom stereocenters. The molecule has 0 saturated heterocycles. The number of hydrogen-bond donors (Lipinski definition) is 1. The Labute approximate surface area is 211 Å². The zero-order valence-corrected chi connectivity index (χ0v) is 23.1. The van der Waals surface area contributed by atoms with Crippen molar-refractivity contribution in [3.63, 3.8) is 0 Å². The molecule has 1 N–H and O–H groups in total. The molecule has 0 aromatic carbocycles. The molecular weight excluding hydrogens is 436 g/mol. The minimum Gasteiger partial charge on any atom is -0.481 e. The van der Waals surface area contributed by atoms with Crippen LogP contribution < -0.4 is 0 Å². The predicted octanol–water partition coefficient (Wildman–Crippen LogP) is 7.01. The quantitative estimate of drug-likeness (QED) is 0.430. The van der Waals surface area contributed by atoms with Gasteiger partial charge in [-0.05, 0) is 124 Å². The molecule has 5 aliphatic rings. The van der Waals surface area contributed by atoms with Crippen molar-refractivity contribution in [1.82, 2.24) is 0 Å². The SMILES string of the molecule is CC1=C(C)[C@@]2(C=O)CC[C@H]3[C@@](C)(CC[C@@]4(C)[C@@H]5C[C@](C)(C(=O)O)CC[C@]5(C)CC[C@]34C)[C@H]2CC1=O. The molecule has 5 aliphatic carbocycles. The van der Waals surface area contributed by atoms with Gasteiger partial charge >= 0.3 is 5.97 Å². The molecule has 4 fully saturated rings. The normalized spacial score (nSPS) is 53.7. The summed E-state index contributed by atoms with van der Waals surface area (Å²) in [6.45, 7) is 15.8. The molecule has 0 radical (unpaired) electrons. The van der Waals surface area contributed by atoms with Crippen molar-refractivity contribution in [3.05, 3.63) is 11.1 Å². The molecular formula is C31H46O4. The van der Waals surface area contributed by atoms with Crippen molar-refractivity contribution in [2.45, 2.75) is 113 Å². The second kappa shape index (κ2) is 7.32. The lowest BCUT2D eigenvalue weighted by Gasteiger charge is -2.74. The zero-order chi connectivity index (χ0) is 25.8. The Kier molecular flexibility index (Phi) is 5.27. The van der Waals surface area contributed by atoms with E-state index in [-0.39, 0.29) is 33.4 Å². The number of aliphatic carboxylic acids is 1. The minimum atomic E-state index is -0.638. The summed E-state index contributed by atoms with van der Waals surface area (Å²) in [5.41, 5.74) is 1.01. The highest BCUT2D eigenvalue weighted by Gasteiger charge is 2.71. The van der Waals surface area contributed by atoms with E-state index in [1.54, 1.807) is 0 Å². The second-order valence-electron chi connectivity index (χ2n) is 14.8. The van der Waals surface area contributed by atoms with Crippen LogP contribution in [0.3, 0.4) is 0 Å². The average Bonchev–Trinajstić information content (AvgIpc) is 2.81. The maximum Gasteiger partial charge on any atom is 0.309 e. The van der Waals surface area contributed by atoms with Crippen LogP contribution in [0, 0.1) is 50.2 Å². The van der Waals surface area contributed by atoms with Crippen LogP contribution in [0.1, 0.15) is 113 Å². The number of ketones is 1. The molecule has 0 spiro atoms. The molecule has 4 heteroatoms. The highest BCUT2D eigenvalue weighted by atomic mass is 16.4. The fourth-order valence-electron chi connectivity index (χ4n) is 10.9. The number of carbonyl (C=O) groups excluding carboxylic acids is 2. The van der Waals surface area contributed by atoms with Crippen LogP contribution in [0.25, 0.3) is 0 Å². The summed E-state index contributed by atoms with van der Waals surface area (Å²) >= 11 is 0. The Bertz CT molecular complexity index is 1030. The van der Waals surface area contributed by atoms with Crippen molar-refractivity contribution in [2.75, 3.05) is 0 Å². The summed E-state index contributed by atoms with van der Waals surface area (Å²) in [6, 6.07) is 0. The minimum absolute atomic E-state index is 0.0520. The lowest BCUT2D eigenvalue weighted by Crippen LogP contribution is -2.67. The highest BCUT2D eigenvalue weighted by molar-refractivity contribution is 5.98. The van der Waals surface area contributed by atoms with Crippen molar-refractivity contribution >= 4 is 18.0 Å². The highest BCUT2D eigenvalue weighted by Crippen LogP contribution is 2.78. The van der Waals surface area contributed by atoms with E-state index in [9.17, 15) is 19.5 Å². The van der Waals surface area contributed by atoms with Crippen molar-refractivity contribution in [3.8, 4) is 0 Å². The topological polar surface area (TPSA) is 71.4 Å². The number of fused-ring (bicyclic) bond motifs is 7. The largest absolute Gasteiger partial charge is 0.481 e. The maximum atomic E-state index is 13.1. The maximum absolute atomic E-state index is 13.1. The molecule has 4 saturated carbocycles. The van der Waals surface area contributed by atoms with Gasteiger partial charge in [0.05, 0.1) is 10.8 Å². The number of aldehydes is 1. The van der Waals surface area contributed by atoms with E-state index >= 15 is 0 Å². The zero-order valence-electron chi connectivity index (χ0n) is 23.1. The first-order valence-electron chi connectivity index (χ1n) is 14.0. The van der Waals surface area contributed by atoms with Crippen LogP contribution in [0.5, 0.6) is 0 Å². The number of carbonyl (C=O) groups is 3. The molecule has 194 valence electrons. The third-order valence-corrected chi connectivity index (χ3v) is 13.8. The van der Waals surface area contributed by atoms with E-state index in [0.29, 0.717) is 18.3 Å². The number of allylic oxidation sites excluding steroid dienone is 2. The summed E-state index contributed by atoms with van der Waals surface area (Å²) < 4.78 is 0. The standard InChI is InChI=1S/C31H46O4/c1-19-20(2)31(18-32)9-8-22-28(5,23(31)16-21(19)33)13-15-30(7)24-17-27(4,25(34)35)11-10-26(24,3)12-14-29(22,30)6/h18,22-24H,8-17H2,1-7H3,(H,34,35)/t22-,23+,24+,26+,27+,28+,29+,30-,31-/m0/s1. The van der Waals surface area contributed by atoms with Crippen LogP contribution in [0.2, 0.25) is 0 Å². The number of carboxylic acids is 1. The Balaban J connectivity index is 1.59. The molecule has 0 aromatic rings. The first-order valence-corrected chi connectivity index (χ1v) is 14.0. The summed E-state index contributed by atoms with van der Waals surface area (Å²) in [5, 5.41) is 10.1. The van der Waals surface area contributed by atoms with Crippen molar-refractivity contribution in [1.29, 1.82) is 0 Å². The Morgan fingerprint density at radius 1 is 0.857 bits per heavy atom. The average molecular weight is 483 g/mol. The van der Waals surface area contributed by atoms with Gasteiger partial charge in [-0.3, -0.25) is 9.59 Å². The molecule has 5 rings (SSSR count). The van der Waals surface area contributed by atoms with Crippen LogP contribution in [-0.4, -0.2) is 23.1 Å². The Hall–Kier alpha value is -1.45. The van der Waals surface area contributed by atoms with Gasteiger partial charge in [-0.15, -0.1) is 0 Å². The summed E-state index contributed by atoms with van der Waals surface area (Å²) in [6.07, 6.45) is 10.6. The first-order chi connectivity index (χ1) is 16.1. The van der Waals surface area contributed by atoms with Crippen LogP contribution in [-0.2, 0) is 14.4 Å². The Morgan fingerprint density at radius 2 is 1.46 bits per heavy atom. The number of carboxylic acid groups (broad SMARTS) is 1. The fraction of sp³-hybridized carbons (Fsp3) is 0.839. The summed E-state index contributed by atoms with van der Waals surface area (Å²) in [7, 11) is 0. The first kappa shape index (κ1) is 25.2. The third-order valence-electron chi connectivity index (χ3n) is 13.8. The third kappa shape index (κ3) is 2.89. The van der Waals surface area contributed by atoms with Gasteiger partial charge in [0.1, 0.15) is 6.29 Å². The molecule has 0 aromatic heterocycles. The van der Waals surface area contributed by atoms with Gasteiger partial charge in [0, 0.05) is 6.42 Å². The second-order valence-corrected chi connectivity index (χ2v) is 14.8. The van der Waals surface area contributed by atoms with Gasteiger partial charge in [0.25, 0.3) is 0 Å². The van der Waals surface area contributed by atoms with Crippen LogP contribution >= 0.6 is 0 Å². The van der Waals surface area contributed by atoms with Gasteiger partial charge < -0.3 is 9.90 Å². The van der Waals surface area contributed by atoms with Crippen molar-refractivity contribution < 1.29 is 19.5 Å². The van der Waals surface area contributed by atoms with E-state index in [0.717, 1.165) is 62.5 Å². The van der Waals surface area contributed by atoms with Crippen molar-refractivity contribution in [2.24, 2.45) is 50.2 Å². The van der Waals surface area contributed by atoms with E-state index < -0.39 is 16.8 Å². The van der Waals surface area contributed by atoms with Gasteiger partial charge in [-0.1, -0.05) is 33.3 Å². The number of rotatable bonds is 2. The van der Waals surface area contributed by atoms with E-state index in [4.69, 9.17) is 0 Å². The smallest absolute Gasteiger partial charge is 0.309 e. The molecule has 4 nitrogen and oxygen atoms in total. The molecule has 0 aliphatic heterocycles. The Morgan fingerprint density at radius 3 is 2.09 bits per heavy atom. The van der Waals surface area contributed by atoms with Gasteiger partial charge in [0.2, 0.25) is 0 Å². The number of hydrogen-bond acceptors (Lipinski definition) is 3. The van der Waals surface area contributed by atoms with E-state index in [1.807, 2.05) is 20.8 Å². The number of Topliss-reactive ketones (excluding diaryl/α,β-unsaturated/α-hetero) is 1. The molecule has 0 unspecified atom stereocenters. The van der Waals surface area contributed by atoms with E-state index in [1.165, 1.54) is 12.7 Å². The molecule has 0 bridgehead atoms. The molecule has 35 heavy (non-hydrogen) atoms. The van der Waals surface area contributed by atoms with Crippen LogP contribution in [0.15, 0.2) is 11.1 Å².